The van der Waals surface area contributed by atoms with E-state index in [-0.39, 0.29) is 12.4 Å². The molecule has 2 N–H and O–H groups in total. The highest BCUT2D eigenvalue weighted by molar-refractivity contribution is 5.85. The Morgan fingerprint density at radius 2 is 2.33 bits per heavy atom. The summed E-state index contributed by atoms with van der Waals surface area (Å²) in [7, 11) is 0. The molecular formula is C8H17ClN2O. The maximum atomic E-state index is 11.2. The number of hydrogen-bond donors (Lipinski definition) is 1. The van der Waals surface area contributed by atoms with Crippen LogP contribution in [-0.2, 0) is 4.79 Å². The molecule has 1 aliphatic rings. The van der Waals surface area contributed by atoms with Crippen molar-refractivity contribution in [1.82, 2.24) is 4.90 Å². The van der Waals surface area contributed by atoms with Gasteiger partial charge in [0.1, 0.15) is 0 Å². The standard InChI is InChI=1S/C8H16N2O.ClH/c1-7(4-5-9)10-6-2-3-8(10)11;/h7H,2-6,9H2,1H3;1H/t7-;/m0./s1. The van der Waals surface area contributed by atoms with Crippen LogP contribution in [0, 0.1) is 0 Å². The second-order valence-electron chi connectivity index (χ2n) is 3.12. The van der Waals surface area contributed by atoms with Crippen LogP contribution in [0.3, 0.4) is 0 Å². The molecule has 0 aliphatic carbocycles. The summed E-state index contributed by atoms with van der Waals surface area (Å²) in [6.45, 7) is 3.67. The lowest BCUT2D eigenvalue weighted by molar-refractivity contribution is -0.129. The Kier molecular flexibility index (Phi) is 5.25. The summed E-state index contributed by atoms with van der Waals surface area (Å²) in [5.74, 6) is 0.297. The smallest absolute Gasteiger partial charge is 0.222 e. The zero-order chi connectivity index (χ0) is 8.27. The van der Waals surface area contributed by atoms with Crippen LogP contribution in [-0.4, -0.2) is 29.9 Å². The average molecular weight is 193 g/mol. The summed E-state index contributed by atoms with van der Waals surface area (Å²) in [6, 6.07) is 0.343. The molecule has 0 radical (unpaired) electrons. The second kappa shape index (κ2) is 5.38. The summed E-state index contributed by atoms with van der Waals surface area (Å²) in [4.78, 5) is 13.1. The highest BCUT2D eigenvalue weighted by atomic mass is 35.5. The second-order valence-corrected chi connectivity index (χ2v) is 3.12. The summed E-state index contributed by atoms with van der Waals surface area (Å²) >= 11 is 0. The molecule has 12 heavy (non-hydrogen) atoms. The Labute approximate surface area is 79.7 Å². The van der Waals surface area contributed by atoms with Crippen molar-refractivity contribution in [1.29, 1.82) is 0 Å². The maximum Gasteiger partial charge on any atom is 0.222 e. The molecule has 4 heteroatoms. The van der Waals surface area contributed by atoms with E-state index in [0.717, 1.165) is 25.8 Å². The van der Waals surface area contributed by atoms with Gasteiger partial charge in [-0.1, -0.05) is 0 Å². The van der Waals surface area contributed by atoms with Gasteiger partial charge in [0.05, 0.1) is 0 Å². The lowest BCUT2D eigenvalue weighted by Gasteiger charge is -2.23. The summed E-state index contributed by atoms with van der Waals surface area (Å²) in [5, 5.41) is 0. The predicted octanol–water partition coefficient (Wildman–Crippen LogP) is 0.768. The van der Waals surface area contributed by atoms with Gasteiger partial charge < -0.3 is 10.6 Å². The molecule has 0 aromatic heterocycles. The first-order valence-corrected chi connectivity index (χ1v) is 4.25. The van der Waals surface area contributed by atoms with Crippen molar-refractivity contribution in [3.63, 3.8) is 0 Å². The van der Waals surface area contributed by atoms with E-state index >= 15 is 0 Å². The predicted molar refractivity (Wildman–Crippen MR) is 51.3 cm³/mol. The number of likely N-dealkylation sites (tertiary alicyclic amines) is 1. The third kappa shape index (κ3) is 2.64. The van der Waals surface area contributed by atoms with E-state index in [0.29, 0.717) is 18.5 Å². The molecule has 72 valence electrons. The Morgan fingerprint density at radius 1 is 1.67 bits per heavy atom. The Balaban J connectivity index is 0.00000121. The zero-order valence-electron chi connectivity index (χ0n) is 7.45. The van der Waals surface area contributed by atoms with Gasteiger partial charge >= 0.3 is 0 Å². The van der Waals surface area contributed by atoms with Crippen molar-refractivity contribution in [3.05, 3.63) is 0 Å². The van der Waals surface area contributed by atoms with Crippen LogP contribution in [0.15, 0.2) is 0 Å². The van der Waals surface area contributed by atoms with E-state index in [4.69, 9.17) is 5.73 Å². The third-order valence-electron chi connectivity index (χ3n) is 2.23. The van der Waals surface area contributed by atoms with Crippen LogP contribution in [0.1, 0.15) is 26.2 Å². The first-order valence-electron chi connectivity index (χ1n) is 4.25. The molecule has 0 spiro atoms. The van der Waals surface area contributed by atoms with Crippen LogP contribution in [0.25, 0.3) is 0 Å². The zero-order valence-corrected chi connectivity index (χ0v) is 8.27. The quantitative estimate of drug-likeness (QED) is 0.718. The van der Waals surface area contributed by atoms with Crippen molar-refractivity contribution >= 4 is 18.3 Å². The molecular weight excluding hydrogens is 176 g/mol. The van der Waals surface area contributed by atoms with E-state index < -0.39 is 0 Å². The minimum atomic E-state index is 0. The Bertz CT molecular complexity index is 152. The molecule has 1 rings (SSSR count). The average Bonchev–Trinajstić information content (AvgIpc) is 2.36. The lowest BCUT2D eigenvalue weighted by Crippen LogP contribution is -2.35. The molecule has 1 fully saturated rings. The van der Waals surface area contributed by atoms with E-state index in [9.17, 15) is 4.79 Å². The number of nitrogens with zero attached hydrogens (tertiary/aromatic N) is 1. The molecule has 0 aromatic carbocycles. The van der Waals surface area contributed by atoms with Gasteiger partial charge in [0, 0.05) is 19.0 Å². The number of carbonyl (C=O) groups is 1. The molecule has 1 amide bonds. The van der Waals surface area contributed by atoms with Crippen LogP contribution in [0.5, 0.6) is 0 Å². The lowest BCUT2D eigenvalue weighted by atomic mass is 10.2. The Morgan fingerprint density at radius 3 is 2.75 bits per heavy atom. The highest BCUT2D eigenvalue weighted by Gasteiger charge is 2.23. The molecule has 1 atom stereocenters. The number of halogens is 1. The minimum Gasteiger partial charge on any atom is -0.340 e. The van der Waals surface area contributed by atoms with Gasteiger partial charge in [-0.05, 0) is 26.3 Å². The SMILES string of the molecule is C[C@@H](CCN)N1CCCC1=O.Cl. The van der Waals surface area contributed by atoms with E-state index in [1.165, 1.54) is 0 Å². The molecule has 0 saturated carbocycles. The largest absolute Gasteiger partial charge is 0.340 e. The molecule has 1 saturated heterocycles. The number of hydrogen-bond acceptors (Lipinski definition) is 2. The van der Waals surface area contributed by atoms with E-state index in [1.807, 2.05) is 4.90 Å². The number of nitrogens with two attached hydrogens (primary N) is 1. The monoisotopic (exact) mass is 192 g/mol. The fourth-order valence-electron chi connectivity index (χ4n) is 1.53. The molecule has 1 heterocycles. The first kappa shape index (κ1) is 11.7. The van der Waals surface area contributed by atoms with Gasteiger partial charge in [-0.15, -0.1) is 12.4 Å². The molecule has 1 aliphatic heterocycles. The third-order valence-corrected chi connectivity index (χ3v) is 2.23. The van der Waals surface area contributed by atoms with Crippen molar-refractivity contribution in [2.24, 2.45) is 5.73 Å². The van der Waals surface area contributed by atoms with Crippen LogP contribution in [0.2, 0.25) is 0 Å². The van der Waals surface area contributed by atoms with Gasteiger partial charge in [-0.3, -0.25) is 4.79 Å². The summed E-state index contributed by atoms with van der Waals surface area (Å²) in [6.07, 6.45) is 2.67. The topological polar surface area (TPSA) is 46.3 Å². The van der Waals surface area contributed by atoms with E-state index in [2.05, 4.69) is 6.92 Å². The fourth-order valence-corrected chi connectivity index (χ4v) is 1.53. The van der Waals surface area contributed by atoms with Crippen LogP contribution < -0.4 is 5.73 Å². The van der Waals surface area contributed by atoms with E-state index in [1.54, 1.807) is 0 Å². The molecule has 0 unspecified atom stereocenters. The maximum absolute atomic E-state index is 11.2. The molecule has 3 nitrogen and oxygen atoms in total. The van der Waals surface area contributed by atoms with Gasteiger partial charge in [0.25, 0.3) is 0 Å². The fraction of sp³-hybridized carbons (Fsp3) is 0.875. The Hall–Kier alpha value is -0.280. The molecule has 0 bridgehead atoms. The first-order chi connectivity index (χ1) is 5.25. The van der Waals surface area contributed by atoms with Crippen LogP contribution >= 0.6 is 12.4 Å². The van der Waals surface area contributed by atoms with Gasteiger partial charge in [-0.25, -0.2) is 0 Å². The number of amides is 1. The number of carbonyl (C=O) groups excluding carboxylic acids is 1. The van der Waals surface area contributed by atoms with Gasteiger partial charge in [0.2, 0.25) is 5.91 Å². The van der Waals surface area contributed by atoms with Crippen molar-refractivity contribution < 1.29 is 4.79 Å². The normalized spacial score (nSPS) is 19.2. The van der Waals surface area contributed by atoms with Crippen molar-refractivity contribution in [2.45, 2.75) is 32.2 Å². The summed E-state index contributed by atoms with van der Waals surface area (Å²) < 4.78 is 0. The minimum absolute atomic E-state index is 0. The van der Waals surface area contributed by atoms with Crippen LogP contribution in [0.4, 0.5) is 0 Å². The summed E-state index contributed by atoms with van der Waals surface area (Å²) in [5.41, 5.74) is 5.40. The molecule has 0 aromatic rings. The van der Waals surface area contributed by atoms with Gasteiger partial charge in [0.15, 0.2) is 0 Å². The van der Waals surface area contributed by atoms with Crippen molar-refractivity contribution in [2.75, 3.05) is 13.1 Å². The van der Waals surface area contributed by atoms with Gasteiger partial charge in [-0.2, -0.15) is 0 Å². The number of rotatable bonds is 3. The highest BCUT2D eigenvalue weighted by Crippen LogP contribution is 2.14. The van der Waals surface area contributed by atoms with Crippen molar-refractivity contribution in [3.8, 4) is 0 Å².